The number of hydrogen-bond donors (Lipinski definition) is 1. The predicted octanol–water partition coefficient (Wildman–Crippen LogP) is 6.71. The van der Waals surface area contributed by atoms with Crippen molar-refractivity contribution in [2.45, 2.75) is 13.5 Å². The predicted molar refractivity (Wildman–Crippen MR) is 143 cm³/mol. The largest absolute Gasteiger partial charge is 0.494 e. The Morgan fingerprint density at radius 2 is 1.66 bits per heavy atom. The van der Waals surface area contributed by atoms with Gasteiger partial charge in [0.05, 0.1) is 17.2 Å². The van der Waals surface area contributed by atoms with Gasteiger partial charge in [-0.3, -0.25) is 4.79 Å². The van der Waals surface area contributed by atoms with Crippen LogP contribution in [0.5, 0.6) is 11.5 Å². The van der Waals surface area contributed by atoms with Gasteiger partial charge in [0.2, 0.25) is 0 Å². The van der Waals surface area contributed by atoms with Crippen molar-refractivity contribution in [1.29, 1.82) is 0 Å². The van der Waals surface area contributed by atoms with Gasteiger partial charge >= 0.3 is 0 Å². The second-order valence-electron chi connectivity index (χ2n) is 7.87. The summed E-state index contributed by atoms with van der Waals surface area (Å²) in [5, 5.41) is 5.74. The molecule has 35 heavy (non-hydrogen) atoms. The molecular weight excluding hydrogens is 456 g/mol. The number of benzene rings is 4. The van der Waals surface area contributed by atoms with E-state index in [0.717, 1.165) is 28.3 Å². The molecule has 4 aromatic rings. The van der Waals surface area contributed by atoms with Gasteiger partial charge in [0.25, 0.3) is 5.91 Å². The molecule has 0 saturated carbocycles. The minimum atomic E-state index is -0.177. The van der Waals surface area contributed by atoms with Gasteiger partial charge in [-0.25, -0.2) is 4.99 Å². The second-order valence-corrected chi connectivity index (χ2v) is 8.90. The van der Waals surface area contributed by atoms with Gasteiger partial charge < -0.3 is 14.8 Å². The number of nitrogens with one attached hydrogen (secondary N) is 1. The molecule has 6 heteroatoms. The zero-order chi connectivity index (χ0) is 24.0. The minimum absolute atomic E-state index is 0.177. The molecule has 1 aliphatic rings. The molecule has 1 heterocycles. The number of para-hydroxylation sites is 1. The molecule has 1 saturated heterocycles. The maximum atomic E-state index is 12.6. The van der Waals surface area contributed by atoms with Crippen LogP contribution >= 0.6 is 11.8 Å². The summed E-state index contributed by atoms with van der Waals surface area (Å²) in [6.45, 7) is 2.99. The number of amides is 1. The van der Waals surface area contributed by atoms with E-state index in [1.165, 1.54) is 22.5 Å². The molecule has 0 radical (unpaired) electrons. The Bertz CT molecular complexity index is 1420. The second kappa shape index (κ2) is 10.5. The Kier molecular flexibility index (Phi) is 6.82. The van der Waals surface area contributed by atoms with E-state index in [2.05, 4.69) is 34.6 Å². The van der Waals surface area contributed by atoms with Crippen molar-refractivity contribution < 1.29 is 14.3 Å². The van der Waals surface area contributed by atoms with Gasteiger partial charge in [-0.2, -0.15) is 0 Å². The number of amidine groups is 1. The first-order chi connectivity index (χ1) is 17.2. The molecule has 1 amide bonds. The van der Waals surface area contributed by atoms with Crippen LogP contribution in [0.4, 0.5) is 5.69 Å². The van der Waals surface area contributed by atoms with Gasteiger partial charge in [0.1, 0.15) is 18.1 Å². The first-order valence-electron chi connectivity index (χ1n) is 11.4. The maximum absolute atomic E-state index is 12.6. The number of ether oxygens (including phenoxy) is 2. The zero-order valence-electron chi connectivity index (χ0n) is 19.2. The Balaban J connectivity index is 1.33. The first-order valence-corrected chi connectivity index (χ1v) is 12.2. The fraction of sp³-hybridized carbons (Fsp3) is 0.103. The van der Waals surface area contributed by atoms with Crippen molar-refractivity contribution >= 4 is 45.4 Å². The van der Waals surface area contributed by atoms with Gasteiger partial charge in [-0.05, 0) is 71.4 Å². The Morgan fingerprint density at radius 3 is 2.51 bits per heavy atom. The third kappa shape index (κ3) is 5.39. The molecule has 0 aliphatic carbocycles. The van der Waals surface area contributed by atoms with E-state index >= 15 is 0 Å². The smallest absolute Gasteiger partial charge is 0.264 e. The molecule has 1 fully saturated rings. The fourth-order valence-electron chi connectivity index (χ4n) is 3.83. The molecule has 1 N–H and O–H groups in total. The number of nitrogens with zero attached hydrogens (tertiary/aromatic N) is 1. The van der Waals surface area contributed by atoms with Crippen molar-refractivity contribution in [3.8, 4) is 11.5 Å². The lowest BCUT2D eigenvalue weighted by molar-refractivity contribution is -0.115. The molecule has 174 valence electrons. The zero-order valence-corrected chi connectivity index (χ0v) is 20.0. The molecule has 0 bridgehead atoms. The Labute approximate surface area is 208 Å². The van der Waals surface area contributed by atoms with Crippen molar-refractivity contribution in [2.24, 2.45) is 4.99 Å². The molecule has 5 rings (SSSR count). The van der Waals surface area contributed by atoms with Crippen molar-refractivity contribution in [2.75, 3.05) is 6.61 Å². The molecule has 4 aromatic carbocycles. The Hall–Kier alpha value is -4.03. The first kappa shape index (κ1) is 22.7. The van der Waals surface area contributed by atoms with Crippen LogP contribution in [-0.2, 0) is 11.4 Å². The lowest BCUT2D eigenvalue weighted by Gasteiger charge is -2.11. The summed E-state index contributed by atoms with van der Waals surface area (Å²) in [7, 11) is 0. The van der Waals surface area contributed by atoms with Crippen LogP contribution in [0.1, 0.15) is 18.1 Å². The summed E-state index contributed by atoms with van der Waals surface area (Å²) >= 11 is 1.31. The van der Waals surface area contributed by atoms with Crippen LogP contribution in [0.2, 0.25) is 0 Å². The molecule has 5 nitrogen and oxygen atoms in total. The van der Waals surface area contributed by atoms with E-state index in [-0.39, 0.29) is 5.91 Å². The molecule has 0 spiro atoms. The van der Waals surface area contributed by atoms with Gasteiger partial charge in [0, 0.05) is 5.56 Å². The van der Waals surface area contributed by atoms with Crippen LogP contribution in [0, 0.1) is 0 Å². The fourth-order valence-corrected chi connectivity index (χ4v) is 4.66. The molecular formula is C29H24N2O3S. The number of carbonyl (C=O) groups excluding carboxylic acids is 1. The highest BCUT2D eigenvalue weighted by Crippen LogP contribution is 2.31. The standard InChI is InChI=1S/C29H24N2O3S/c1-2-33-24-16-14-23(15-17-24)30-29-31-28(32)27(35-29)18-21-9-4-6-13-26(21)34-19-22-11-7-10-20-8-3-5-12-25(20)22/h3-18H,2,19H2,1H3,(H,30,31,32)/b27-18+. The van der Waals surface area contributed by atoms with Gasteiger partial charge in [-0.15, -0.1) is 0 Å². The van der Waals surface area contributed by atoms with E-state index < -0.39 is 0 Å². The summed E-state index contributed by atoms with van der Waals surface area (Å²) < 4.78 is 11.7. The lowest BCUT2D eigenvalue weighted by Crippen LogP contribution is -2.19. The van der Waals surface area contributed by atoms with Crippen LogP contribution < -0.4 is 14.8 Å². The topological polar surface area (TPSA) is 59.9 Å². The summed E-state index contributed by atoms with van der Waals surface area (Å²) in [5.74, 6) is 1.34. The van der Waals surface area contributed by atoms with E-state index in [0.29, 0.717) is 23.3 Å². The van der Waals surface area contributed by atoms with Crippen molar-refractivity contribution in [3.63, 3.8) is 0 Å². The highest BCUT2D eigenvalue weighted by atomic mass is 32.2. The van der Waals surface area contributed by atoms with E-state index in [1.807, 2.05) is 79.7 Å². The van der Waals surface area contributed by atoms with Crippen LogP contribution in [0.15, 0.2) is 101 Å². The van der Waals surface area contributed by atoms with Gasteiger partial charge in [-0.1, -0.05) is 60.7 Å². The summed E-state index contributed by atoms with van der Waals surface area (Å²) in [6, 6.07) is 29.7. The number of carbonyl (C=O) groups is 1. The maximum Gasteiger partial charge on any atom is 0.264 e. The molecule has 0 aromatic heterocycles. The summed E-state index contributed by atoms with van der Waals surface area (Å²) in [5.41, 5.74) is 2.70. The molecule has 0 atom stereocenters. The molecule has 0 unspecified atom stereocenters. The summed E-state index contributed by atoms with van der Waals surface area (Å²) in [4.78, 5) is 17.7. The summed E-state index contributed by atoms with van der Waals surface area (Å²) in [6.07, 6.45) is 1.85. The highest BCUT2D eigenvalue weighted by molar-refractivity contribution is 8.18. The highest BCUT2D eigenvalue weighted by Gasteiger charge is 2.24. The monoisotopic (exact) mass is 480 g/mol. The lowest BCUT2D eigenvalue weighted by atomic mass is 10.1. The quantitative estimate of drug-likeness (QED) is 0.299. The average Bonchev–Trinajstić information content (AvgIpc) is 3.23. The SMILES string of the molecule is CCOc1ccc(N=C2NC(=O)/C(=C\c3ccccc3OCc3cccc4ccccc34)S2)cc1. The normalized spacial score (nSPS) is 15.5. The number of rotatable bonds is 7. The molecule has 1 aliphatic heterocycles. The van der Waals surface area contributed by atoms with E-state index in [4.69, 9.17) is 9.47 Å². The number of hydrogen-bond acceptors (Lipinski definition) is 5. The minimum Gasteiger partial charge on any atom is -0.494 e. The number of fused-ring (bicyclic) bond motifs is 1. The third-order valence-corrected chi connectivity index (χ3v) is 6.41. The average molecular weight is 481 g/mol. The van der Waals surface area contributed by atoms with Gasteiger partial charge in [0.15, 0.2) is 5.17 Å². The van der Waals surface area contributed by atoms with Crippen LogP contribution in [0.3, 0.4) is 0 Å². The van der Waals surface area contributed by atoms with Crippen LogP contribution in [0.25, 0.3) is 16.8 Å². The van der Waals surface area contributed by atoms with E-state index in [1.54, 1.807) is 0 Å². The van der Waals surface area contributed by atoms with Crippen molar-refractivity contribution in [3.05, 3.63) is 107 Å². The Morgan fingerprint density at radius 1 is 0.886 bits per heavy atom. The number of thioether (sulfide) groups is 1. The third-order valence-electron chi connectivity index (χ3n) is 5.50. The number of aliphatic imine (C=N–C) groups is 1. The van der Waals surface area contributed by atoms with Crippen LogP contribution in [-0.4, -0.2) is 17.7 Å². The van der Waals surface area contributed by atoms with E-state index in [9.17, 15) is 4.79 Å². The van der Waals surface area contributed by atoms with Crippen molar-refractivity contribution in [1.82, 2.24) is 5.32 Å².